The van der Waals surface area contributed by atoms with Gasteiger partial charge in [-0.05, 0) is 53.0 Å². The second kappa shape index (κ2) is 3.82. The maximum atomic E-state index is 14.2. The van der Waals surface area contributed by atoms with Crippen LogP contribution in [0.5, 0.6) is 0 Å². The molecule has 0 aromatic heterocycles. The molecule has 3 nitrogen and oxygen atoms in total. The summed E-state index contributed by atoms with van der Waals surface area (Å²) in [5.74, 6) is 0. The van der Waals surface area contributed by atoms with Crippen LogP contribution >= 0.6 is 0 Å². The summed E-state index contributed by atoms with van der Waals surface area (Å²) in [7, 11) is -0.923. The Bertz CT molecular complexity index is 426. The Morgan fingerprint density at radius 1 is 1.17 bits per heavy atom. The zero-order chi connectivity index (χ0) is 13.8. The normalized spacial score (nSPS) is 32.9. The molecule has 1 saturated heterocycles. The van der Waals surface area contributed by atoms with E-state index in [0.29, 0.717) is 18.4 Å². The Kier molecular flexibility index (Phi) is 2.88. The lowest BCUT2D eigenvalue weighted by molar-refractivity contribution is 0.00578. The highest BCUT2D eigenvalue weighted by molar-refractivity contribution is 6.53. The van der Waals surface area contributed by atoms with Crippen LogP contribution in [0, 0.1) is 16.7 Å². The predicted molar refractivity (Wildman–Crippen MR) is 67.2 cm³/mol. The van der Waals surface area contributed by atoms with E-state index in [9.17, 15) is 4.39 Å². The van der Waals surface area contributed by atoms with E-state index < -0.39 is 23.7 Å². The highest BCUT2D eigenvalue weighted by atomic mass is 19.1. The Balaban J connectivity index is 2.13. The molecule has 0 atom stereocenters. The maximum absolute atomic E-state index is 14.2. The van der Waals surface area contributed by atoms with Crippen molar-refractivity contribution in [2.45, 2.75) is 58.7 Å². The molecule has 2 fully saturated rings. The molecule has 0 bridgehead atoms. The van der Waals surface area contributed by atoms with E-state index in [2.05, 4.69) is 6.07 Å². The number of hydrogen-bond acceptors (Lipinski definition) is 3. The van der Waals surface area contributed by atoms with Crippen molar-refractivity contribution in [3.05, 3.63) is 11.3 Å². The van der Waals surface area contributed by atoms with Crippen LogP contribution in [0.25, 0.3) is 0 Å². The van der Waals surface area contributed by atoms with E-state index in [0.717, 1.165) is 0 Å². The highest BCUT2D eigenvalue weighted by Gasteiger charge is 2.54. The Morgan fingerprint density at radius 2 is 1.61 bits per heavy atom. The van der Waals surface area contributed by atoms with Gasteiger partial charge >= 0.3 is 7.12 Å². The van der Waals surface area contributed by atoms with Crippen LogP contribution in [0.4, 0.5) is 4.39 Å². The topological polar surface area (TPSA) is 42.2 Å². The average Bonchev–Trinajstić information content (AvgIpc) is 2.42. The smallest absolute Gasteiger partial charge is 0.398 e. The molecule has 2 aliphatic rings. The molecule has 0 aromatic carbocycles. The second-order valence-corrected chi connectivity index (χ2v) is 6.57. The van der Waals surface area contributed by atoms with E-state index >= 15 is 0 Å². The fourth-order valence-electron chi connectivity index (χ4n) is 2.25. The van der Waals surface area contributed by atoms with Crippen molar-refractivity contribution in [1.82, 2.24) is 0 Å². The zero-order valence-electron chi connectivity index (χ0n) is 11.6. The number of hydrogen-bond donors (Lipinski definition) is 0. The zero-order valence-corrected chi connectivity index (χ0v) is 11.6. The van der Waals surface area contributed by atoms with Crippen LogP contribution in [0.1, 0.15) is 47.5 Å². The van der Waals surface area contributed by atoms with Crippen molar-refractivity contribution in [3.63, 3.8) is 0 Å². The third kappa shape index (κ3) is 1.98. The van der Waals surface area contributed by atoms with Crippen LogP contribution in [0.2, 0.25) is 0 Å². The molecule has 0 N–H and O–H groups in total. The first-order valence-electron chi connectivity index (χ1n) is 6.25. The largest absolute Gasteiger partial charge is 0.525 e. The van der Waals surface area contributed by atoms with Gasteiger partial charge in [0.1, 0.15) is 5.73 Å². The number of rotatable bonds is 1. The molecule has 5 heteroatoms. The van der Waals surface area contributed by atoms with Crippen molar-refractivity contribution >= 4 is 7.12 Å². The van der Waals surface area contributed by atoms with Crippen molar-refractivity contribution in [2.75, 3.05) is 0 Å². The number of nitriles is 1. The minimum atomic E-state index is -0.923. The number of halogens is 1. The number of allylic oxidation sites excluding steroid dienone is 1. The van der Waals surface area contributed by atoms with Gasteiger partial charge < -0.3 is 9.31 Å². The molecular weight excluding hydrogens is 232 g/mol. The van der Waals surface area contributed by atoms with Crippen LogP contribution in [-0.4, -0.2) is 18.3 Å². The summed E-state index contributed by atoms with van der Waals surface area (Å²) in [6.07, 6.45) is 0.943. The summed E-state index contributed by atoms with van der Waals surface area (Å²) in [5.41, 5.74) is -1.18. The third-order valence-corrected chi connectivity index (χ3v) is 4.27. The van der Waals surface area contributed by atoms with Gasteiger partial charge in [0.2, 0.25) is 0 Å². The summed E-state index contributed by atoms with van der Waals surface area (Å²) < 4.78 is 25.5. The summed E-state index contributed by atoms with van der Waals surface area (Å²) in [4.78, 5) is 0. The van der Waals surface area contributed by atoms with Crippen LogP contribution in [0.15, 0.2) is 11.3 Å². The first-order valence-corrected chi connectivity index (χ1v) is 6.25. The van der Waals surface area contributed by atoms with Crippen LogP contribution < -0.4 is 0 Å². The molecule has 1 heterocycles. The quantitative estimate of drug-likeness (QED) is 0.672. The van der Waals surface area contributed by atoms with E-state index in [1.54, 1.807) is 0 Å². The van der Waals surface area contributed by atoms with Crippen molar-refractivity contribution < 1.29 is 13.7 Å². The van der Waals surface area contributed by atoms with E-state index in [1.165, 1.54) is 0 Å². The monoisotopic (exact) mass is 251 g/mol. The molecular formula is C13H19BFNO2. The lowest BCUT2D eigenvalue weighted by Gasteiger charge is -2.34. The molecule has 1 saturated carbocycles. The van der Waals surface area contributed by atoms with E-state index in [4.69, 9.17) is 14.6 Å². The predicted octanol–water partition coefficient (Wildman–Crippen LogP) is 3.17. The number of nitrogens with zero attached hydrogens (tertiary/aromatic N) is 1. The summed E-state index contributed by atoms with van der Waals surface area (Å²) in [5, 5.41) is 8.92. The first kappa shape index (κ1) is 13.6. The molecule has 0 unspecified atom stereocenters. The van der Waals surface area contributed by atoms with Gasteiger partial charge in [0, 0.05) is 0 Å². The van der Waals surface area contributed by atoms with Crippen LogP contribution in [0.3, 0.4) is 0 Å². The second-order valence-electron chi connectivity index (χ2n) is 6.57. The SMILES string of the molecule is CC1(C#N)CC(=C(F)B2OC(C)(C)C(C)(C)O2)C1. The van der Waals surface area contributed by atoms with Gasteiger partial charge in [-0.2, -0.15) is 5.26 Å². The summed E-state index contributed by atoms with van der Waals surface area (Å²) >= 11 is 0. The first-order chi connectivity index (χ1) is 8.10. The van der Waals surface area contributed by atoms with E-state index in [-0.39, 0.29) is 5.73 Å². The lowest BCUT2D eigenvalue weighted by Crippen LogP contribution is -2.41. The fourth-order valence-corrected chi connectivity index (χ4v) is 2.25. The molecule has 0 radical (unpaired) electrons. The van der Waals surface area contributed by atoms with Gasteiger partial charge in [0.25, 0.3) is 0 Å². The van der Waals surface area contributed by atoms with Gasteiger partial charge in [0.05, 0.1) is 22.7 Å². The summed E-state index contributed by atoms with van der Waals surface area (Å²) in [6, 6.07) is 2.20. The standard InChI is InChI=1S/C13H19BFNO2/c1-11(2)12(3,4)18-14(17-11)10(15)9-6-13(5,7-9)8-16/h6-7H2,1-5H3. The fraction of sp³-hybridized carbons (Fsp3) is 0.769. The minimum absolute atomic E-state index is 0.346. The van der Waals surface area contributed by atoms with Crippen molar-refractivity contribution in [1.29, 1.82) is 5.26 Å². The molecule has 0 spiro atoms. The average molecular weight is 251 g/mol. The van der Waals surface area contributed by atoms with Gasteiger partial charge in [0.15, 0.2) is 0 Å². The summed E-state index contributed by atoms with van der Waals surface area (Å²) in [6.45, 7) is 9.42. The maximum Gasteiger partial charge on any atom is 0.525 e. The molecule has 1 aliphatic carbocycles. The van der Waals surface area contributed by atoms with Gasteiger partial charge in [-0.15, -0.1) is 0 Å². The Hall–Kier alpha value is -0.855. The molecule has 18 heavy (non-hydrogen) atoms. The van der Waals surface area contributed by atoms with Crippen molar-refractivity contribution in [2.24, 2.45) is 5.41 Å². The van der Waals surface area contributed by atoms with Gasteiger partial charge in [-0.25, -0.2) is 4.39 Å². The highest BCUT2D eigenvalue weighted by Crippen LogP contribution is 2.48. The molecule has 98 valence electrons. The Labute approximate surface area is 108 Å². The van der Waals surface area contributed by atoms with E-state index in [1.807, 2.05) is 34.6 Å². The Morgan fingerprint density at radius 3 is 2.00 bits per heavy atom. The lowest BCUT2D eigenvalue weighted by atomic mass is 9.64. The van der Waals surface area contributed by atoms with Gasteiger partial charge in [-0.3, -0.25) is 0 Å². The molecule has 0 aromatic rings. The van der Waals surface area contributed by atoms with Gasteiger partial charge in [-0.1, -0.05) is 0 Å². The van der Waals surface area contributed by atoms with Crippen molar-refractivity contribution in [3.8, 4) is 6.07 Å². The third-order valence-electron chi connectivity index (χ3n) is 4.27. The molecule has 1 aliphatic heterocycles. The minimum Gasteiger partial charge on any atom is -0.398 e. The van der Waals surface area contributed by atoms with Crippen LogP contribution in [-0.2, 0) is 9.31 Å². The molecule has 2 rings (SSSR count). The molecule has 0 amide bonds.